The molecule has 0 radical (unpaired) electrons. The lowest BCUT2D eigenvalue weighted by Gasteiger charge is -2.20. The summed E-state index contributed by atoms with van der Waals surface area (Å²) in [4.78, 5) is 15.8. The Morgan fingerprint density at radius 1 is 0.871 bits per heavy atom. The SMILES string of the molecule is C=CCN(C(N)=S)c1ccc2nc(-c3ccc(O)cc3)c(-c3ccc(O)cc3)nc2n1. The molecule has 0 bridgehead atoms. The van der Waals surface area contributed by atoms with E-state index in [0.717, 1.165) is 11.1 Å². The number of aromatic nitrogens is 3. The van der Waals surface area contributed by atoms with E-state index in [2.05, 4.69) is 11.6 Å². The second-order valence-corrected chi connectivity index (χ2v) is 7.18. The highest BCUT2D eigenvalue weighted by molar-refractivity contribution is 7.80. The fourth-order valence-corrected chi connectivity index (χ4v) is 3.32. The van der Waals surface area contributed by atoms with Gasteiger partial charge in [0.2, 0.25) is 0 Å². The minimum absolute atomic E-state index is 0.153. The molecule has 31 heavy (non-hydrogen) atoms. The standard InChI is InChI=1S/C23H19N5O2S/c1-2-13-28(23(24)31)19-12-11-18-22(26-19)27-21(15-5-9-17(30)10-6-15)20(25-18)14-3-7-16(29)8-4-14/h2-12,29-30H,1,13H2,(H2,24,31). The number of phenols is 2. The average Bonchev–Trinajstić information content (AvgIpc) is 2.77. The van der Waals surface area contributed by atoms with Gasteiger partial charge < -0.3 is 15.9 Å². The molecular formula is C23H19N5O2S. The summed E-state index contributed by atoms with van der Waals surface area (Å²) in [6.07, 6.45) is 1.69. The highest BCUT2D eigenvalue weighted by atomic mass is 32.1. The van der Waals surface area contributed by atoms with Gasteiger partial charge in [-0.25, -0.2) is 15.0 Å². The van der Waals surface area contributed by atoms with Gasteiger partial charge in [0.25, 0.3) is 0 Å². The Bertz CT molecular complexity index is 1270. The molecule has 0 aliphatic rings. The molecular weight excluding hydrogens is 410 g/mol. The van der Waals surface area contributed by atoms with Gasteiger partial charge in [-0.1, -0.05) is 6.08 Å². The summed E-state index contributed by atoms with van der Waals surface area (Å²) < 4.78 is 0. The number of thiocarbonyl (C=S) groups is 1. The molecule has 154 valence electrons. The first-order valence-corrected chi connectivity index (χ1v) is 9.82. The molecule has 2 aromatic carbocycles. The van der Waals surface area contributed by atoms with Crippen LogP contribution in [0.1, 0.15) is 0 Å². The molecule has 0 saturated heterocycles. The Kier molecular flexibility index (Phi) is 5.46. The van der Waals surface area contributed by atoms with Gasteiger partial charge in [0.15, 0.2) is 10.8 Å². The zero-order valence-corrected chi connectivity index (χ0v) is 17.3. The van der Waals surface area contributed by atoms with Gasteiger partial charge in [-0.3, -0.25) is 4.90 Å². The van der Waals surface area contributed by atoms with Gasteiger partial charge in [0.1, 0.15) is 22.8 Å². The van der Waals surface area contributed by atoms with E-state index in [1.807, 2.05) is 6.07 Å². The molecule has 0 aliphatic heterocycles. The van der Waals surface area contributed by atoms with Crippen LogP contribution >= 0.6 is 12.2 Å². The third-order valence-electron chi connectivity index (χ3n) is 4.65. The zero-order chi connectivity index (χ0) is 22.0. The van der Waals surface area contributed by atoms with Gasteiger partial charge in [-0.15, -0.1) is 6.58 Å². The molecule has 8 heteroatoms. The topological polar surface area (TPSA) is 108 Å². The molecule has 0 unspecified atom stereocenters. The van der Waals surface area contributed by atoms with Crippen molar-refractivity contribution in [1.29, 1.82) is 0 Å². The van der Waals surface area contributed by atoms with E-state index < -0.39 is 0 Å². The lowest BCUT2D eigenvalue weighted by Crippen LogP contribution is -2.36. The molecule has 0 amide bonds. The zero-order valence-electron chi connectivity index (χ0n) is 16.4. The number of nitrogens with zero attached hydrogens (tertiary/aromatic N) is 4. The first kappa shape index (κ1) is 20.2. The smallest absolute Gasteiger partial charge is 0.180 e. The highest BCUT2D eigenvalue weighted by Gasteiger charge is 2.16. The van der Waals surface area contributed by atoms with E-state index >= 15 is 0 Å². The fourth-order valence-electron chi connectivity index (χ4n) is 3.15. The number of pyridine rings is 1. The molecule has 2 aromatic heterocycles. The van der Waals surface area contributed by atoms with Crippen LogP contribution in [0.4, 0.5) is 5.82 Å². The van der Waals surface area contributed by atoms with Gasteiger partial charge in [0, 0.05) is 17.7 Å². The third kappa shape index (κ3) is 4.15. The van der Waals surface area contributed by atoms with Crippen LogP contribution < -0.4 is 10.6 Å². The van der Waals surface area contributed by atoms with Crippen molar-refractivity contribution in [1.82, 2.24) is 15.0 Å². The normalized spacial score (nSPS) is 10.7. The summed E-state index contributed by atoms with van der Waals surface area (Å²) in [6, 6.07) is 17.0. The third-order valence-corrected chi connectivity index (χ3v) is 4.87. The minimum Gasteiger partial charge on any atom is -0.508 e. The quantitative estimate of drug-likeness (QED) is 0.323. The predicted octanol–water partition coefficient (Wildman–Crippen LogP) is 4.01. The van der Waals surface area contributed by atoms with Crippen LogP contribution in [-0.2, 0) is 0 Å². The van der Waals surface area contributed by atoms with Gasteiger partial charge in [-0.2, -0.15) is 0 Å². The number of benzene rings is 2. The van der Waals surface area contributed by atoms with Crippen molar-refractivity contribution in [3.63, 3.8) is 0 Å². The Morgan fingerprint density at radius 3 is 1.94 bits per heavy atom. The first-order chi connectivity index (χ1) is 15.0. The number of anilines is 1. The predicted molar refractivity (Wildman–Crippen MR) is 126 cm³/mol. The van der Waals surface area contributed by atoms with Gasteiger partial charge >= 0.3 is 0 Å². The summed E-state index contributed by atoms with van der Waals surface area (Å²) >= 11 is 5.13. The Balaban J connectivity index is 1.93. The van der Waals surface area contributed by atoms with Crippen molar-refractivity contribution in [2.75, 3.05) is 11.4 Å². The number of nitrogens with two attached hydrogens (primary N) is 1. The minimum atomic E-state index is 0.153. The number of hydrogen-bond acceptors (Lipinski definition) is 6. The molecule has 7 nitrogen and oxygen atoms in total. The van der Waals surface area contributed by atoms with E-state index in [-0.39, 0.29) is 16.6 Å². The maximum absolute atomic E-state index is 9.68. The van der Waals surface area contributed by atoms with Crippen LogP contribution in [-0.4, -0.2) is 36.8 Å². The largest absolute Gasteiger partial charge is 0.508 e. The van der Waals surface area contributed by atoms with Crippen molar-refractivity contribution in [2.45, 2.75) is 0 Å². The molecule has 0 spiro atoms. The van der Waals surface area contributed by atoms with Gasteiger partial charge in [0.05, 0.1) is 11.4 Å². The molecule has 0 saturated carbocycles. The second kappa shape index (κ2) is 8.37. The second-order valence-electron chi connectivity index (χ2n) is 6.76. The lowest BCUT2D eigenvalue weighted by molar-refractivity contribution is 0.475. The van der Waals surface area contributed by atoms with Crippen molar-refractivity contribution < 1.29 is 10.2 Å². The monoisotopic (exact) mass is 429 g/mol. The molecule has 0 fully saturated rings. The fraction of sp³-hybridized carbons (Fsp3) is 0.0435. The molecule has 2 heterocycles. The van der Waals surface area contributed by atoms with Crippen LogP contribution in [0, 0.1) is 0 Å². The molecule has 0 atom stereocenters. The van der Waals surface area contributed by atoms with Crippen LogP contribution in [0.5, 0.6) is 11.5 Å². The van der Waals surface area contributed by atoms with E-state index in [1.54, 1.807) is 65.6 Å². The molecule has 4 rings (SSSR count). The van der Waals surface area contributed by atoms with Crippen LogP contribution in [0.3, 0.4) is 0 Å². The summed E-state index contributed by atoms with van der Waals surface area (Å²) in [7, 11) is 0. The highest BCUT2D eigenvalue weighted by Crippen LogP contribution is 2.32. The maximum atomic E-state index is 9.68. The number of rotatable bonds is 5. The van der Waals surface area contributed by atoms with Crippen molar-refractivity contribution >= 4 is 34.3 Å². The number of aromatic hydroxyl groups is 2. The van der Waals surface area contributed by atoms with Crippen LogP contribution in [0.2, 0.25) is 0 Å². The van der Waals surface area contributed by atoms with E-state index in [4.69, 9.17) is 27.9 Å². The number of fused-ring (bicyclic) bond motifs is 1. The molecule has 4 N–H and O–H groups in total. The molecule has 0 aliphatic carbocycles. The van der Waals surface area contributed by atoms with Crippen molar-refractivity contribution in [3.05, 3.63) is 73.3 Å². The average molecular weight is 430 g/mol. The van der Waals surface area contributed by atoms with E-state index in [9.17, 15) is 10.2 Å². The number of phenolic OH excluding ortho intramolecular Hbond substituents is 2. The Labute approximate surface area is 184 Å². The summed E-state index contributed by atoms with van der Waals surface area (Å²) in [6.45, 7) is 4.15. The Hall–Kier alpha value is -4.04. The lowest BCUT2D eigenvalue weighted by atomic mass is 10.0. The van der Waals surface area contributed by atoms with Crippen LogP contribution in [0.25, 0.3) is 33.7 Å². The van der Waals surface area contributed by atoms with Crippen molar-refractivity contribution in [3.8, 4) is 34.0 Å². The van der Waals surface area contributed by atoms with Gasteiger partial charge in [-0.05, 0) is 72.9 Å². The summed E-state index contributed by atoms with van der Waals surface area (Å²) in [5, 5.41) is 19.5. The Morgan fingerprint density at radius 2 is 1.42 bits per heavy atom. The maximum Gasteiger partial charge on any atom is 0.180 e. The number of hydrogen-bond donors (Lipinski definition) is 3. The molecule has 4 aromatic rings. The first-order valence-electron chi connectivity index (χ1n) is 9.42. The van der Waals surface area contributed by atoms with E-state index in [0.29, 0.717) is 34.9 Å². The summed E-state index contributed by atoms with van der Waals surface area (Å²) in [5.41, 5.74) is 9.63. The van der Waals surface area contributed by atoms with E-state index in [1.165, 1.54) is 0 Å². The van der Waals surface area contributed by atoms with Crippen LogP contribution in [0.15, 0.2) is 73.3 Å². The summed E-state index contributed by atoms with van der Waals surface area (Å²) in [5.74, 6) is 0.860. The van der Waals surface area contributed by atoms with Crippen molar-refractivity contribution in [2.24, 2.45) is 5.73 Å².